The number of aromatic amines is 1. The monoisotopic (exact) mass is 277 g/mol. The number of oxazole rings is 1. The first-order valence-corrected chi connectivity index (χ1v) is 7.00. The van der Waals surface area contributed by atoms with Crippen LogP contribution in [0.25, 0.3) is 11.1 Å². The summed E-state index contributed by atoms with van der Waals surface area (Å²) in [5, 5.41) is 0. The van der Waals surface area contributed by atoms with Gasteiger partial charge in [-0.25, -0.2) is 4.79 Å². The molecule has 0 saturated carbocycles. The van der Waals surface area contributed by atoms with Gasteiger partial charge >= 0.3 is 5.76 Å². The number of aromatic nitrogens is 1. The number of anilines is 1. The van der Waals surface area contributed by atoms with Crippen molar-refractivity contribution < 1.29 is 9.15 Å². The Morgan fingerprint density at radius 1 is 1.30 bits per heavy atom. The average molecular weight is 277 g/mol. The molecule has 6 nitrogen and oxygen atoms in total. The summed E-state index contributed by atoms with van der Waals surface area (Å²) in [5.41, 5.74) is 7.45. The molecule has 0 aliphatic carbocycles. The van der Waals surface area contributed by atoms with Gasteiger partial charge in [-0.3, -0.25) is 9.88 Å². The second-order valence-corrected chi connectivity index (χ2v) is 5.15. The Labute approximate surface area is 116 Å². The molecule has 3 N–H and O–H groups in total. The van der Waals surface area contributed by atoms with Crippen LogP contribution in [0.2, 0.25) is 0 Å². The van der Waals surface area contributed by atoms with Gasteiger partial charge in [0.1, 0.15) is 12.4 Å². The third kappa shape index (κ3) is 2.80. The minimum Gasteiger partial charge on any atom is -0.490 e. The number of rotatable bonds is 4. The van der Waals surface area contributed by atoms with Crippen LogP contribution >= 0.6 is 0 Å². The summed E-state index contributed by atoms with van der Waals surface area (Å²) >= 11 is 0. The minimum absolute atomic E-state index is 0.455. The van der Waals surface area contributed by atoms with Crippen molar-refractivity contribution in [1.82, 2.24) is 9.88 Å². The highest BCUT2D eigenvalue weighted by atomic mass is 16.5. The van der Waals surface area contributed by atoms with Crippen LogP contribution in [0.4, 0.5) is 5.69 Å². The van der Waals surface area contributed by atoms with Gasteiger partial charge < -0.3 is 14.9 Å². The van der Waals surface area contributed by atoms with Crippen molar-refractivity contribution in [1.29, 1.82) is 0 Å². The molecule has 3 rings (SSSR count). The zero-order valence-corrected chi connectivity index (χ0v) is 11.4. The molecule has 0 bridgehead atoms. The number of H-pyrrole nitrogens is 1. The van der Waals surface area contributed by atoms with Crippen molar-refractivity contribution >= 4 is 16.8 Å². The number of nitrogens with one attached hydrogen (secondary N) is 1. The highest BCUT2D eigenvalue weighted by molar-refractivity contribution is 5.80. The summed E-state index contributed by atoms with van der Waals surface area (Å²) in [7, 11) is 0. The first kappa shape index (κ1) is 13.1. The standard InChI is InChI=1S/C14H19N3O3/c15-10-8-13-11(16-14(18)20-13)9-12(10)19-7-6-17-4-2-1-3-5-17/h8-9H,1-7,15H2,(H,16,18). The highest BCUT2D eigenvalue weighted by Crippen LogP contribution is 2.26. The van der Waals surface area contributed by atoms with Crippen LogP contribution in [-0.4, -0.2) is 36.1 Å². The van der Waals surface area contributed by atoms with E-state index in [1.165, 1.54) is 19.3 Å². The Morgan fingerprint density at radius 3 is 2.90 bits per heavy atom. The van der Waals surface area contributed by atoms with Crippen molar-refractivity contribution in [3.05, 3.63) is 22.7 Å². The van der Waals surface area contributed by atoms with Crippen LogP contribution < -0.4 is 16.2 Å². The van der Waals surface area contributed by atoms with Crippen LogP contribution in [-0.2, 0) is 0 Å². The Hall–Kier alpha value is -1.95. The van der Waals surface area contributed by atoms with E-state index in [4.69, 9.17) is 14.9 Å². The van der Waals surface area contributed by atoms with Crippen molar-refractivity contribution in [2.75, 3.05) is 32.0 Å². The molecular weight excluding hydrogens is 258 g/mol. The summed E-state index contributed by atoms with van der Waals surface area (Å²) < 4.78 is 10.7. The molecule has 1 saturated heterocycles. The lowest BCUT2D eigenvalue weighted by molar-refractivity contribution is 0.184. The van der Waals surface area contributed by atoms with E-state index in [0.717, 1.165) is 19.6 Å². The number of ether oxygens (including phenoxy) is 1. The summed E-state index contributed by atoms with van der Waals surface area (Å²) in [4.78, 5) is 16.1. The van der Waals surface area contributed by atoms with Crippen LogP contribution in [0, 0.1) is 0 Å². The lowest BCUT2D eigenvalue weighted by Gasteiger charge is -2.26. The number of nitrogen functional groups attached to an aromatic ring is 1. The molecule has 0 radical (unpaired) electrons. The number of hydrogen-bond donors (Lipinski definition) is 2. The van der Waals surface area contributed by atoms with Gasteiger partial charge in [0, 0.05) is 18.7 Å². The zero-order valence-electron chi connectivity index (χ0n) is 11.4. The normalized spacial score (nSPS) is 16.6. The molecule has 1 aliphatic heterocycles. The first-order valence-electron chi connectivity index (χ1n) is 7.00. The molecule has 0 spiro atoms. The molecule has 6 heteroatoms. The summed E-state index contributed by atoms with van der Waals surface area (Å²) in [6.07, 6.45) is 3.86. The van der Waals surface area contributed by atoms with Crippen LogP contribution in [0.1, 0.15) is 19.3 Å². The predicted molar refractivity (Wildman–Crippen MR) is 77.0 cm³/mol. The van der Waals surface area contributed by atoms with E-state index < -0.39 is 5.76 Å². The molecule has 0 unspecified atom stereocenters. The number of piperidine rings is 1. The van der Waals surface area contributed by atoms with E-state index in [2.05, 4.69) is 9.88 Å². The fraction of sp³-hybridized carbons (Fsp3) is 0.500. The van der Waals surface area contributed by atoms with Gasteiger partial charge in [-0.1, -0.05) is 6.42 Å². The fourth-order valence-electron chi connectivity index (χ4n) is 2.59. The summed E-state index contributed by atoms with van der Waals surface area (Å²) in [5.74, 6) is 0.108. The maximum Gasteiger partial charge on any atom is 0.417 e. The van der Waals surface area contributed by atoms with Gasteiger partial charge in [-0.05, 0) is 25.9 Å². The molecule has 108 valence electrons. The van der Waals surface area contributed by atoms with Crippen molar-refractivity contribution in [3.8, 4) is 5.75 Å². The molecule has 2 aromatic rings. The van der Waals surface area contributed by atoms with Crippen molar-refractivity contribution in [2.24, 2.45) is 0 Å². The summed E-state index contributed by atoms with van der Waals surface area (Å²) in [6.45, 7) is 3.79. The van der Waals surface area contributed by atoms with Gasteiger partial charge in [0.25, 0.3) is 0 Å². The number of nitrogens with zero attached hydrogens (tertiary/aromatic N) is 1. The summed E-state index contributed by atoms with van der Waals surface area (Å²) in [6, 6.07) is 3.33. The smallest absolute Gasteiger partial charge is 0.417 e. The van der Waals surface area contributed by atoms with Gasteiger partial charge in [0.15, 0.2) is 5.58 Å². The molecule has 2 heterocycles. The topological polar surface area (TPSA) is 84.5 Å². The van der Waals surface area contributed by atoms with Gasteiger partial charge in [-0.2, -0.15) is 0 Å². The van der Waals surface area contributed by atoms with E-state index >= 15 is 0 Å². The maximum atomic E-state index is 11.1. The van der Waals surface area contributed by atoms with E-state index in [0.29, 0.717) is 29.1 Å². The molecule has 0 amide bonds. The second kappa shape index (κ2) is 5.58. The quantitative estimate of drug-likeness (QED) is 0.829. The molecule has 1 aliphatic rings. The van der Waals surface area contributed by atoms with Crippen molar-refractivity contribution in [3.63, 3.8) is 0 Å². The fourth-order valence-corrected chi connectivity index (χ4v) is 2.59. The molecule has 1 fully saturated rings. The number of nitrogens with two attached hydrogens (primary N) is 1. The number of fused-ring (bicyclic) bond motifs is 1. The Kier molecular flexibility index (Phi) is 3.64. The Bertz CT molecular complexity index is 641. The number of likely N-dealkylation sites (tertiary alicyclic amines) is 1. The largest absolute Gasteiger partial charge is 0.490 e. The van der Waals surface area contributed by atoms with E-state index in [9.17, 15) is 4.79 Å². The minimum atomic E-state index is -0.482. The first-order chi connectivity index (χ1) is 9.72. The van der Waals surface area contributed by atoms with Crippen LogP contribution in [0.15, 0.2) is 21.3 Å². The molecular formula is C14H19N3O3. The Morgan fingerprint density at radius 2 is 2.10 bits per heavy atom. The molecule has 20 heavy (non-hydrogen) atoms. The van der Waals surface area contributed by atoms with Gasteiger partial charge in [0.2, 0.25) is 0 Å². The highest BCUT2D eigenvalue weighted by Gasteiger charge is 2.11. The lowest BCUT2D eigenvalue weighted by atomic mass is 10.1. The van der Waals surface area contributed by atoms with Crippen LogP contribution in [0.5, 0.6) is 5.75 Å². The zero-order chi connectivity index (χ0) is 13.9. The molecule has 1 aromatic carbocycles. The Balaban J connectivity index is 1.64. The third-order valence-corrected chi connectivity index (χ3v) is 3.67. The van der Waals surface area contributed by atoms with Gasteiger partial charge in [0.05, 0.1) is 11.2 Å². The van der Waals surface area contributed by atoms with E-state index in [1.807, 2.05) is 0 Å². The average Bonchev–Trinajstić information content (AvgIpc) is 2.79. The van der Waals surface area contributed by atoms with Gasteiger partial charge in [-0.15, -0.1) is 0 Å². The molecule has 1 aromatic heterocycles. The SMILES string of the molecule is Nc1cc2oc(=O)[nH]c2cc1OCCN1CCCCC1. The second-order valence-electron chi connectivity index (χ2n) is 5.15. The molecule has 0 atom stereocenters. The number of hydrogen-bond acceptors (Lipinski definition) is 5. The number of benzene rings is 1. The third-order valence-electron chi connectivity index (χ3n) is 3.67. The van der Waals surface area contributed by atoms with E-state index in [-0.39, 0.29) is 0 Å². The maximum absolute atomic E-state index is 11.1. The predicted octanol–water partition coefficient (Wildman–Crippen LogP) is 1.57. The van der Waals surface area contributed by atoms with Crippen molar-refractivity contribution in [2.45, 2.75) is 19.3 Å². The lowest BCUT2D eigenvalue weighted by Crippen LogP contribution is -2.33. The van der Waals surface area contributed by atoms with Crippen LogP contribution in [0.3, 0.4) is 0 Å². The van der Waals surface area contributed by atoms with E-state index in [1.54, 1.807) is 12.1 Å².